The van der Waals surface area contributed by atoms with Gasteiger partial charge in [0.25, 0.3) is 0 Å². The summed E-state index contributed by atoms with van der Waals surface area (Å²) in [6.45, 7) is 1.26. The van der Waals surface area contributed by atoms with Gasteiger partial charge in [0.2, 0.25) is 0 Å². The van der Waals surface area contributed by atoms with Crippen LogP contribution in [0.4, 0.5) is 13.2 Å². The first kappa shape index (κ1) is 12.8. The van der Waals surface area contributed by atoms with Gasteiger partial charge in [-0.15, -0.1) is 0 Å². The van der Waals surface area contributed by atoms with E-state index in [9.17, 15) is 13.2 Å². The lowest BCUT2D eigenvalue weighted by Crippen LogP contribution is -2.25. The monoisotopic (exact) mass is 224 g/mol. The maximum Gasteiger partial charge on any atom is 0.389 e. The van der Waals surface area contributed by atoms with Crippen LogP contribution in [0, 0.1) is 5.92 Å². The SMILES string of the molecule is NC1CCC(CNCCCC(F)(F)F)C1. The number of nitrogens with two attached hydrogens (primary N) is 1. The highest BCUT2D eigenvalue weighted by Gasteiger charge is 2.26. The van der Waals surface area contributed by atoms with E-state index in [4.69, 9.17) is 5.73 Å². The molecule has 0 heterocycles. The standard InChI is InChI=1S/C10H19F3N2/c11-10(12,13)4-1-5-15-7-8-2-3-9(14)6-8/h8-9,15H,1-7,14H2. The molecule has 0 aromatic rings. The van der Waals surface area contributed by atoms with Gasteiger partial charge in [-0.2, -0.15) is 13.2 Å². The molecule has 0 aromatic carbocycles. The molecule has 1 saturated carbocycles. The summed E-state index contributed by atoms with van der Waals surface area (Å²) in [6.07, 6.45) is -1.38. The highest BCUT2D eigenvalue weighted by atomic mass is 19.4. The predicted octanol–water partition coefficient (Wildman–Crippen LogP) is 2.05. The summed E-state index contributed by atoms with van der Waals surface area (Å²) >= 11 is 0. The van der Waals surface area contributed by atoms with Gasteiger partial charge in [-0.1, -0.05) is 0 Å². The molecule has 0 aliphatic heterocycles. The van der Waals surface area contributed by atoms with Gasteiger partial charge in [0.1, 0.15) is 0 Å². The number of halogens is 3. The Kier molecular flexibility index (Phi) is 4.86. The molecule has 2 atom stereocenters. The smallest absolute Gasteiger partial charge is 0.328 e. The number of alkyl halides is 3. The molecule has 0 saturated heterocycles. The first-order valence-corrected chi connectivity index (χ1v) is 5.50. The number of hydrogen-bond acceptors (Lipinski definition) is 2. The molecule has 3 N–H and O–H groups in total. The van der Waals surface area contributed by atoms with Crippen molar-refractivity contribution in [3.05, 3.63) is 0 Å². The zero-order valence-corrected chi connectivity index (χ0v) is 8.82. The van der Waals surface area contributed by atoms with Crippen molar-refractivity contribution in [1.29, 1.82) is 0 Å². The molecule has 90 valence electrons. The Morgan fingerprint density at radius 3 is 2.53 bits per heavy atom. The topological polar surface area (TPSA) is 38.0 Å². The van der Waals surface area contributed by atoms with Crippen molar-refractivity contribution in [1.82, 2.24) is 5.32 Å². The van der Waals surface area contributed by atoms with Gasteiger partial charge in [-0.05, 0) is 44.7 Å². The summed E-state index contributed by atoms with van der Waals surface area (Å²) in [7, 11) is 0. The van der Waals surface area contributed by atoms with Crippen LogP contribution in [0.15, 0.2) is 0 Å². The molecule has 0 radical (unpaired) electrons. The minimum atomic E-state index is -4.02. The average molecular weight is 224 g/mol. The molecule has 1 aliphatic carbocycles. The van der Waals surface area contributed by atoms with Crippen LogP contribution in [0.2, 0.25) is 0 Å². The van der Waals surface area contributed by atoms with Gasteiger partial charge in [-0.3, -0.25) is 0 Å². The first-order chi connectivity index (χ1) is 6.97. The minimum absolute atomic E-state index is 0.169. The minimum Gasteiger partial charge on any atom is -0.328 e. The quantitative estimate of drug-likeness (QED) is 0.701. The molecular weight excluding hydrogens is 205 g/mol. The summed E-state index contributed by atoms with van der Waals surface area (Å²) < 4.78 is 35.4. The normalized spacial score (nSPS) is 27.2. The van der Waals surface area contributed by atoms with Crippen LogP contribution in [0.1, 0.15) is 32.1 Å². The number of rotatable bonds is 5. The molecule has 0 amide bonds. The Labute approximate surface area is 88.4 Å². The van der Waals surface area contributed by atoms with Crippen molar-refractivity contribution < 1.29 is 13.2 Å². The van der Waals surface area contributed by atoms with Crippen LogP contribution in [-0.4, -0.2) is 25.3 Å². The fourth-order valence-corrected chi connectivity index (χ4v) is 2.02. The lowest BCUT2D eigenvalue weighted by molar-refractivity contribution is -0.135. The van der Waals surface area contributed by atoms with Gasteiger partial charge in [-0.25, -0.2) is 0 Å². The van der Waals surface area contributed by atoms with Crippen molar-refractivity contribution in [2.45, 2.75) is 44.3 Å². The predicted molar refractivity (Wildman–Crippen MR) is 53.5 cm³/mol. The number of hydrogen-bond donors (Lipinski definition) is 2. The Bertz CT molecular complexity index is 182. The van der Waals surface area contributed by atoms with Gasteiger partial charge in [0, 0.05) is 12.5 Å². The van der Waals surface area contributed by atoms with E-state index in [-0.39, 0.29) is 6.42 Å². The molecule has 2 nitrogen and oxygen atoms in total. The maximum absolute atomic E-state index is 11.8. The summed E-state index contributed by atoms with van der Waals surface area (Å²) in [6, 6.07) is 0.298. The lowest BCUT2D eigenvalue weighted by atomic mass is 10.1. The van der Waals surface area contributed by atoms with Crippen molar-refractivity contribution >= 4 is 0 Å². The van der Waals surface area contributed by atoms with Crippen molar-refractivity contribution in [2.24, 2.45) is 11.7 Å². The molecule has 1 rings (SSSR count). The molecular formula is C10H19F3N2. The Balaban J connectivity index is 1.93. The molecule has 2 unspecified atom stereocenters. The third kappa shape index (κ3) is 5.99. The lowest BCUT2D eigenvalue weighted by Gasteiger charge is -2.11. The molecule has 0 aromatic heterocycles. The zero-order chi connectivity index (χ0) is 11.3. The van der Waals surface area contributed by atoms with Crippen LogP contribution < -0.4 is 11.1 Å². The van der Waals surface area contributed by atoms with E-state index in [1.807, 2.05) is 0 Å². The Hall–Kier alpha value is -0.290. The maximum atomic E-state index is 11.8. The van der Waals surface area contributed by atoms with Crippen LogP contribution in [0.25, 0.3) is 0 Å². The first-order valence-electron chi connectivity index (χ1n) is 5.50. The fraction of sp³-hybridized carbons (Fsp3) is 1.00. The largest absolute Gasteiger partial charge is 0.389 e. The second-order valence-electron chi connectivity index (χ2n) is 4.36. The average Bonchev–Trinajstić information content (AvgIpc) is 2.49. The van der Waals surface area contributed by atoms with Gasteiger partial charge in [0.05, 0.1) is 0 Å². The second kappa shape index (κ2) is 5.70. The number of nitrogens with one attached hydrogen (secondary N) is 1. The third-order valence-electron chi connectivity index (χ3n) is 2.83. The summed E-state index contributed by atoms with van der Waals surface area (Å²) in [5, 5.41) is 3.06. The zero-order valence-electron chi connectivity index (χ0n) is 8.82. The summed E-state index contributed by atoms with van der Waals surface area (Å²) in [4.78, 5) is 0. The van der Waals surface area contributed by atoms with E-state index in [1.54, 1.807) is 0 Å². The Morgan fingerprint density at radius 2 is 2.00 bits per heavy atom. The summed E-state index contributed by atoms with van der Waals surface area (Å²) in [5.74, 6) is 0.561. The highest BCUT2D eigenvalue weighted by Crippen LogP contribution is 2.23. The van der Waals surface area contributed by atoms with Crippen molar-refractivity contribution in [3.63, 3.8) is 0 Å². The molecule has 1 fully saturated rings. The van der Waals surface area contributed by atoms with Gasteiger partial charge in [0.15, 0.2) is 0 Å². The van der Waals surface area contributed by atoms with Crippen LogP contribution in [0.3, 0.4) is 0 Å². The van der Waals surface area contributed by atoms with Crippen LogP contribution in [-0.2, 0) is 0 Å². The third-order valence-corrected chi connectivity index (χ3v) is 2.83. The molecule has 15 heavy (non-hydrogen) atoms. The highest BCUT2D eigenvalue weighted by molar-refractivity contribution is 4.78. The van der Waals surface area contributed by atoms with E-state index in [1.165, 1.54) is 0 Å². The summed E-state index contributed by atoms with van der Waals surface area (Å²) in [5.41, 5.74) is 5.74. The van der Waals surface area contributed by atoms with E-state index >= 15 is 0 Å². The van der Waals surface area contributed by atoms with E-state index < -0.39 is 12.6 Å². The molecule has 0 spiro atoms. The molecule has 0 bridgehead atoms. The van der Waals surface area contributed by atoms with E-state index in [0.29, 0.717) is 18.5 Å². The second-order valence-corrected chi connectivity index (χ2v) is 4.36. The van der Waals surface area contributed by atoms with Gasteiger partial charge >= 0.3 is 6.18 Å². The van der Waals surface area contributed by atoms with Crippen molar-refractivity contribution in [3.8, 4) is 0 Å². The fourth-order valence-electron chi connectivity index (χ4n) is 2.02. The molecule has 1 aliphatic rings. The van der Waals surface area contributed by atoms with Crippen LogP contribution in [0.5, 0.6) is 0 Å². The van der Waals surface area contributed by atoms with Crippen LogP contribution >= 0.6 is 0 Å². The van der Waals surface area contributed by atoms with E-state index in [2.05, 4.69) is 5.32 Å². The Morgan fingerprint density at radius 1 is 1.27 bits per heavy atom. The van der Waals surface area contributed by atoms with Crippen molar-refractivity contribution in [2.75, 3.05) is 13.1 Å². The van der Waals surface area contributed by atoms with E-state index in [0.717, 1.165) is 25.8 Å². The molecule has 5 heteroatoms. The van der Waals surface area contributed by atoms with Gasteiger partial charge < -0.3 is 11.1 Å².